The fraction of sp³-hybridized carbons (Fsp3) is 0.0870. The van der Waals surface area contributed by atoms with Gasteiger partial charge in [0.2, 0.25) is 5.78 Å². The third-order valence-electron chi connectivity index (χ3n) is 4.47. The second kappa shape index (κ2) is 7.49. The van der Waals surface area contributed by atoms with E-state index in [1.807, 2.05) is 37.3 Å². The Morgan fingerprint density at radius 1 is 1.11 bits per heavy atom. The van der Waals surface area contributed by atoms with Gasteiger partial charge in [0.15, 0.2) is 5.76 Å². The highest BCUT2D eigenvalue weighted by Gasteiger charge is 2.30. The normalized spacial score (nSPS) is 14.1. The summed E-state index contributed by atoms with van der Waals surface area (Å²) in [6.07, 6.45) is 1.34. The van der Waals surface area contributed by atoms with Gasteiger partial charge in [0.05, 0.1) is 10.6 Å². The fourth-order valence-corrected chi connectivity index (χ4v) is 3.30. The SMILES string of the molecule is Cc1cc(OCc2ccccc2)cc2c1C(=O)/C(=C/c1c(F)cccc1Cl)O2. The van der Waals surface area contributed by atoms with Crippen molar-refractivity contribution in [3.8, 4) is 11.5 Å². The highest BCUT2D eigenvalue weighted by molar-refractivity contribution is 6.32. The van der Waals surface area contributed by atoms with Crippen molar-refractivity contribution in [1.82, 2.24) is 0 Å². The van der Waals surface area contributed by atoms with Gasteiger partial charge in [-0.3, -0.25) is 4.79 Å². The number of carbonyl (C=O) groups excluding carboxylic acids is 1. The van der Waals surface area contributed by atoms with Crippen LogP contribution in [-0.4, -0.2) is 5.78 Å². The molecule has 3 nitrogen and oxygen atoms in total. The molecule has 0 aliphatic carbocycles. The molecule has 0 saturated carbocycles. The zero-order valence-corrected chi connectivity index (χ0v) is 15.8. The van der Waals surface area contributed by atoms with Crippen molar-refractivity contribution < 1.29 is 18.7 Å². The number of ketones is 1. The summed E-state index contributed by atoms with van der Waals surface area (Å²) >= 11 is 6.05. The van der Waals surface area contributed by atoms with Crippen LogP contribution in [0.25, 0.3) is 6.08 Å². The van der Waals surface area contributed by atoms with Gasteiger partial charge in [0.1, 0.15) is 23.9 Å². The molecule has 0 amide bonds. The van der Waals surface area contributed by atoms with Crippen molar-refractivity contribution in [2.24, 2.45) is 0 Å². The third kappa shape index (κ3) is 3.51. The Morgan fingerprint density at radius 2 is 1.89 bits per heavy atom. The van der Waals surface area contributed by atoms with E-state index in [1.54, 1.807) is 18.2 Å². The van der Waals surface area contributed by atoms with Gasteiger partial charge in [0, 0.05) is 11.6 Å². The van der Waals surface area contributed by atoms with E-state index >= 15 is 0 Å². The Bertz CT molecular complexity index is 1070. The molecule has 0 aromatic heterocycles. The van der Waals surface area contributed by atoms with Crippen molar-refractivity contribution in [3.63, 3.8) is 0 Å². The van der Waals surface area contributed by atoms with Gasteiger partial charge in [-0.2, -0.15) is 0 Å². The molecule has 0 bridgehead atoms. The molecule has 28 heavy (non-hydrogen) atoms. The van der Waals surface area contributed by atoms with Crippen molar-refractivity contribution >= 4 is 23.5 Å². The fourth-order valence-electron chi connectivity index (χ4n) is 3.08. The smallest absolute Gasteiger partial charge is 0.232 e. The number of hydrogen-bond donors (Lipinski definition) is 0. The lowest BCUT2D eigenvalue weighted by atomic mass is 10.0. The van der Waals surface area contributed by atoms with Crippen molar-refractivity contribution in [2.45, 2.75) is 13.5 Å². The molecule has 5 heteroatoms. The molecular weight excluding hydrogens is 379 g/mol. The minimum atomic E-state index is -0.518. The van der Waals surface area contributed by atoms with Crippen LogP contribution >= 0.6 is 11.6 Å². The number of rotatable bonds is 4. The van der Waals surface area contributed by atoms with Crippen molar-refractivity contribution in [3.05, 3.63) is 99.5 Å². The van der Waals surface area contributed by atoms with E-state index in [0.29, 0.717) is 23.7 Å². The van der Waals surface area contributed by atoms with Crippen molar-refractivity contribution in [2.75, 3.05) is 0 Å². The predicted octanol–water partition coefficient (Wildman–Crippen LogP) is 5.98. The van der Waals surface area contributed by atoms with Crippen LogP contribution < -0.4 is 9.47 Å². The quantitative estimate of drug-likeness (QED) is 0.510. The molecule has 3 aromatic carbocycles. The highest BCUT2D eigenvalue weighted by atomic mass is 35.5. The molecule has 1 heterocycles. The van der Waals surface area contributed by atoms with Gasteiger partial charge >= 0.3 is 0 Å². The molecule has 0 unspecified atom stereocenters. The summed E-state index contributed by atoms with van der Waals surface area (Å²) in [5.74, 6) is 0.201. The van der Waals surface area contributed by atoms with E-state index in [1.165, 1.54) is 18.2 Å². The molecular formula is C23H16ClFO3. The van der Waals surface area contributed by atoms with Gasteiger partial charge in [-0.1, -0.05) is 48.0 Å². The van der Waals surface area contributed by atoms with Crippen LogP contribution in [-0.2, 0) is 6.61 Å². The van der Waals surface area contributed by atoms with Crippen LogP contribution in [0.4, 0.5) is 4.39 Å². The number of hydrogen-bond acceptors (Lipinski definition) is 3. The van der Waals surface area contributed by atoms with E-state index in [9.17, 15) is 9.18 Å². The average molecular weight is 395 g/mol. The van der Waals surface area contributed by atoms with Gasteiger partial charge in [-0.05, 0) is 42.3 Å². The average Bonchev–Trinajstić information content (AvgIpc) is 3.00. The van der Waals surface area contributed by atoms with E-state index in [0.717, 1.165) is 11.1 Å². The van der Waals surface area contributed by atoms with Gasteiger partial charge in [0.25, 0.3) is 0 Å². The van der Waals surface area contributed by atoms with Crippen LogP contribution in [0.3, 0.4) is 0 Å². The summed E-state index contributed by atoms with van der Waals surface area (Å²) in [5, 5.41) is 0.212. The van der Waals surface area contributed by atoms with Crippen LogP contribution in [0, 0.1) is 12.7 Å². The first-order chi connectivity index (χ1) is 13.5. The van der Waals surface area contributed by atoms with Crippen LogP contribution in [0.5, 0.6) is 11.5 Å². The standard InChI is InChI=1S/C23H16ClFO3/c1-14-10-16(27-13-15-6-3-2-4-7-15)11-20-22(14)23(26)21(28-20)12-17-18(24)8-5-9-19(17)25/h2-12H,13H2,1H3/b21-12-. The maximum atomic E-state index is 14.0. The number of benzene rings is 3. The monoisotopic (exact) mass is 394 g/mol. The summed E-state index contributed by atoms with van der Waals surface area (Å²) in [6.45, 7) is 2.22. The molecule has 140 valence electrons. The lowest BCUT2D eigenvalue weighted by Crippen LogP contribution is -2.00. The zero-order valence-electron chi connectivity index (χ0n) is 15.0. The Hall–Kier alpha value is -3.11. The molecule has 0 spiro atoms. The maximum absolute atomic E-state index is 14.0. The van der Waals surface area contributed by atoms with Crippen LogP contribution in [0.1, 0.15) is 27.0 Å². The van der Waals surface area contributed by atoms with E-state index in [2.05, 4.69) is 0 Å². The molecule has 3 aromatic rings. The number of carbonyl (C=O) groups is 1. The minimum absolute atomic E-state index is 0.0327. The third-order valence-corrected chi connectivity index (χ3v) is 4.80. The number of ether oxygens (including phenoxy) is 2. The number of aryl methyl sites for hydroxylation is 1. The molecule has 4 rings (SSSR count). The van der Waals surface area contributed by atoms with E-state index < -0.39 is 5.82 Å². The summed E-state index contributed by atoms with van der Waals surface area (Å²) in [6, 6.07) is 17.6. The Labute approximate surface area is 167 Å². The number of allylic oxidation sites excluding steroid dienone is 1. The second-order valence-electron chi connectivity index (χ2n) is 6.46. The highest BCUT2D eigenvalue weighted by Crippen LogP contribution is 2.38. The summed E-state index contributed by atoms with van der Waals surface area (Å²) in [7, 11) is 0. The summed E-state index contributed by atoms with van der Waals surface area (Å²) in [4.78, 5) is 12.7. The van der Waals surface area contributed by atoms with Crippen molar-refractivity contribution in [1.29, 1.82) is 0 Å². The van der Waals surface area contributed by atoms with Gasteiger partial charge in [-0.25, -0.2) is 4.39 Å². The lowest BCUT2D eigenvalue weighted by Gasteiger charge is -2.09. The topological polar surface area (TPSA) is 35.5 Å². The Kier molecular flexibility index (Phi) is 4.88. The van der Waals surface area contributed by atoms with Crippen LogP contribution in [0.2, 0.25) is 5.02 Å². The van der Waals surface area contributed by atoms with Crippen LogP contribution in [0.15, 0.2) is 66.4 Å². The number of fused-ring (bicyclic) bond motifs is 1. The number of halogens is 2. The lowest BCUT2D eigenvalue weighted by molar-refractivity contribution is 0.101. The second-order valence-corrected chi connectivity index (χ2v) is 6.87. The molecule has 0 N–H and O–H groups in total. The molecule has 0 fully saturated rings. The maximum Gasteiger partial charge on any atom is 0.232 e. The molecule has 1 aliphatic heterocycles. The van der Waals surface area contributed by atoms with Gasteiger partial charge < -0.3 is 9.47 Å². The first kappa shape index (κ1) is 18.3. The minimum Gasteiger partial charge on any atom is -0.489 e. The summed E-state index contributed by atoms with van der Waals surface area (Å²) in [5.41, 5.74) is 2.34. The van der Waals surface area contributed by atoms with Gasteiger partial charge in [-0.15, -0.1) is 0 Å². The molecule has 0 atom stereocenters. The zero-order chi connectivity index (χ0) is 19.7. The molecule has 1 aliphatic rings. The summed E-state index contributed by atoms with van der Waals surface area (Å²) < 4.78 is 25.6. The molecule has 0 saturated heterocycles. The first-order valence-corrected chi connectivity index (χ1v) is 9.10. The largest absolute Gasteiger partial charge is 0.489 e. The number of Topliss-reactive ketones (excluding diaryl/α,β-unsaturated/α-hetero) is 1. The van der Waals surface area contributed by atoms with E-state index in [4.69, 9.17) is 21.1 Å². The Morgan fingerprint density at radius 3 is 2.64 bits per heavy atom. The first-order valence-electron chi connectivity index (χ1n) is 8.72. The molecule has 0 radical (unpaired) electrons. The van der Waals surface area contributed by atoms with E-state index in [-0.39, 0.29) is 22.1 Å². The Balaban J connectivity index is 1.62. The predicted molar refractivity (Wildman–Crippen MR) is 106 cm³/mol.